The average molecular weight is 254 g/mol. The minimum absolute atomic E-state index is 0.791. The highest BCUT2D eigenvalue weighted by Gasteiger charge is 2.25. The van der Waals surface area contributed by atoms with E-state index in [-0.39, 0.29) is 0 Å². The molecule has 2 atom stereocenters. The molecule has 0 saturated carbocycles. The van der Waals surface area contributed by atoms with Crippen LogP contribution in [-0.4, -0.2) is 75.5 Å². The van der Waals surface area contributed by atoms with Gasteiger partial charge in [0, 0.05) is 52.5 Å². The lowest BCUT2D eigenvalue weighted by Gasteiger charge is -2.36. The fraction of sp³-hybridized carbons (Fsp3) is 1.00. The maximum atomic E-state index is 5.46. The van der Waals surface area contributed by atoms with Crippen LogP contribution in [0.25, 0.3) is 0 Å². The van der Waals surface area contributed by atoms with Crippen molar-refractivity contribution in [3.8, 4) is 0 Å². The molecule has 4 nitrogen and oxygen atoms in total. The summed E-state index contributed by atoms with van der Waals surface area (Å²) in [6.45, 7) is 11.4. The van der Waals surface area contributed by atoms with E-state index in [1.165, 1.54) is 52.1 Å². The van der Waals surface area contributed by atoms with Gasteiger partial charge in [0.1, 0.15) is 0 Å². The fourth-order valence-corrected chi connectivity index (χ4v) is 3.34. The third-order valence-electron chi connectivity index (χ3n) is 4.55. The van der Waals surface area contributed by atoms with E-state index in [0.717, 1.165) is 38.3 Å². The molecule has 0 aromatic carbocycles. The Balaban J connectivity index is 1.35. The lowest BCUT2D eigenvalue weighted by Crippen LogP contribution is -2.49. The first-order valence-corrected chi connectivity index (χ1v) is 7.50. The Hall–Kier alpha value is -0.160. The number of hydrogen-bond donors (Lipinski definition) is 0. The van der Waals surface area contributed by atoms with Crippen LogP contribution in [0.1, 0.15) is 12.8 Å². The smallest absolute Gasteiger partial charge is 0.0507 e. The second-order valence-corrected chi connectivity index (χ2v) is 6.06. The first kappa shape index (κ1) is 12.9. The van der Waals surface area contributed by atoms with E-state index in [1.807, 2.05) is 0 Å². The van der Waals surface area contributed by atoms with Crippen LogP contribution < -0.4 is 0 Å². The van der Waals surface area contributed by atoms with E-state index in [4.69, 9.17) is 9.47 Å². The molecular formula is C14H26N2O2. The number of hydrogen-bond acceptors (Lipinski definition) is 4. The zero-order valence-electron chi connectivity index (χ0n) is 11.4. The van der Waals surface area contributed by atoms with Crippen LogP contribution in [0.15, 0.2) is 0 Å². The normalized spacial score (nSPS) is 35.3. The van der Waals surface area contributed by atoms with E-state index in [2.05, 4.69) is 9.80 Å². The molecule has 0 aromatic rings. The van der Waals surface area contributed by atoms with Crippen LogP contribution in [0.4, 0.5) is 0 Å². The monoisotopic (exact) mass is 254 g/mol. The van der Waals surface area contributed by atoms with Crippen LogP contribution in [0.3, 0.4) is 0 Å². The minimum Gasteiger partial charge on any atom is -0.381 e. The molecule has 0 N–H and O–H groups in total. The summed E-state index contributed by atoms with van der Waals surface area (Å²) < 4.78 is 10.9. The van der Waals surface area contributed by atoms with Crippen LogP contribution in [0, 0.1) is 11.8 Å². The Labute approximate surface area is 110 Å². The van der Waals surface area contributed by atoms with Crippen molar-refractivity contribution in [1.82, 2.24) is 9.80 Å². The van der Waals surface area contributed by atoms with Gasteiger partial charge in [0.25, 0.3) is 0 Å². The lowest BCUT2D eigenvalue weighted by atomic mass is 10.1. The highest BCUT2D eigenvalue weighted by Crippen LogP contribution is 2.17. The number of nitrogens with zero attached hydrogens (tertiary/aromatic N) is 2. The Morgan fingerprint density at radius 2 is 1.17 bits per heavy atom. The van der Waals surface area contributed by atoms with Crippen LogP contribution in [0.5, 0.6) is 0 Å². The van der Waals surface area contributed by atoms with E-state index in [9.17, 15) is 0 Å². The summed E-state index contributed by atoms with van der Waals surface area (Å²) in [5, 5.41) is 0. The van der Waals surface area contributed by atoms with E-state index in [0.29, 0.717) is 0 Å². The molecule has 104 valence electrons. The van der Waals surface area contributed by atoms with Crippen molar-refractivity contribution in [3.63, 3.8) is 0 Å². The van der Waals surface area contributed by atoms with Gasteiger partial charge in [0.15, 0.2) is 0 Å². The third kappa shape index (κ3) is 3.44. The molecule has 18 heavy (non-hydrogen) atoms. The van der Waals surface area contributed by atoms with Gasteiger partial charge in [0.2, 0.25) is 0 Å². The molecule has 3 saturated heterocycles. The predicted molar refractivity (Wildman–Crippen MR) is 70.7 cm³/mol. The second kappa shape index (κ2) is 6.33. The van der Waals surface area contributed by atoms with Crippen molar-refractivity contribution >= 4 is 0 Å². The molecule has 2 unspecified atom stereocenters. The van der Waals surface area contributed by atoms with Gasteiger partial charge in [-0.1, -0.05) is 0 Å². The van der Waals surface area contributed by atoms with Crippen molar-refractivity contribution in [2.45, 2.75) is 12.8 Å². The summed E-state index contributed by atoms with van der Waals surface area (Å²) in [4.78, 5) is 5.25. The van der Waals surface area contributed by atoms with Gasteiger partial charge in [-0.05, 0) is 24.7 Å². The molecule has 3 rings (SSSR count). The van der Waals surface area contributed by atoms with Gasteiger partial charge in [-0.15, -0.1) is 0 Å². The fourth-order valence-electron chi connectivity index (χ4n) is 3.34. The van der Waals surface area contributed by atoms with Crippen LogP contribution in [0.2, 0.25) is 0 Å². The Morgan fingerprint density at radius 3 is 1.50 bits per heavy atom. The van der Waals surface area contributed by atoms with E-state index >= 15 is 0 Å². The van der Waals surface area contributed by atoms with Crippen molar-refractivity contribution in [1.29, 1.82) is 0 Å². The number of ether oxygens (including phenoxy) is 2. The zero-order valence-corrected chi connectivity index (χ0v) is 11.4. The summed E-state index contributed by atoms with van der Waals surface area (Å²) in [7, 11) is 0. The first-order chi connectivity index (χ1) is 8.90. The van der Waals surface area contributed by atoms with Crippen molar-refractivity contribution in [2.75, 3.05) is 65.7 Å². The van der Waals surface area contributed by atoms with E-state index < -0.39 is 0 Å². The van der Waals surface area contributed by atoms with Gasteiger partial charge in [-0.25, -0.2) is 0 Å². The predicted octanol–water partition coefficient (Wildman–Crippen LogP) is 0.677. The van der Waals surface area contributed by atoms with Crippen molar-refractivity contribution in [2.24, 2.45) is 11.8 Å². The van der Waals surface area contributed by atoms with Crippen LogP contribution in [-0.2, 0) is 9.47 Å². The van der Waals surface area contributed by atoms with Gasteiger partial charge in [0.05, 0.1) is 13.2 Å². The first-order valence-electron chi connectivity index (χ1n) is 7.50. The summed E-state index contributed by atoms with van der Waals surface area (Å²) in [6, 6.07) is 0. The number of piperazine rings is 1. The molecule has 3 heterocycles. The molecule has 0 amide bonds. The number of rotatable bonds is 4. The molecule has 3 fully saturated rings. The molecule has 0 bridgehead atoms. The third-order valence-corrected chi connectivity index (χ3v) is 4.55. The average Bonchev–Trinajstić information content (AvgIpc) is 3.05. The standard InChI is InChI=1S/C14H26N2O2/c1-7-17-11-13(1)9-15-3-5-16(6-4-15)10-14-2-8-18-12-14/h13-14H,1-12H2. The molecular weight excluding hydrogens is 228 g/mol. The van der Waals surface area contributed by atoms with Gasteiger partial charge in [-0.3, -0.25) is 0 Å². The van der Waals surface area contributed by atoms with Gasteiger partial charge >= 0.3 is 0 Å². The zero-order chi connectivity index (χ0) is 12.2. The van der Waals surface area contributed by atoms with Crippen molar-refractivity contribution < 1.29 is 9.47 Å². The Bertz CT molecular complexity index is 216. The highest BCUT2D eigenvalue weighted by molar-refractivity contribution is 4.78. The summed E-state index contributed by atoms with van der Waals surface area (Å²) in [5.41, 5.74) is 0. The summed E-state index contributed by atoms with van der Waals surface area (Å²) in [6.07, 6.45) is 2.53. The minimum atomic E-state index is 0.791. The van der Waals surface area contributed by atoms with Crippen LogP contribution >= 0.6 is 0 Å². The quantitative estimate of drug-likeness (QED) is 0.736. The summed E-state index contributed by atoms with van der Waals surface area (Å²) >= 11 is 0. The molecule has 0 aromatic heterocycles. The van der Waals surface area contributed by atoms with E-state index in [1.54, 1.807) is 0 Å². The molecule has 3 aliphatic rings. The maximum absolute atomic E-state index is 5.46. The highest BCUT2D eigenvalue weighted by atomic mass is 16.5. The topological polar surface area (TPSA) is 24.9 Å². The molecule has 3 aliphatic heterocycles. The molecule has 0 radical (unpaired) electrons. The van der Waals surface area contributed by atoms with Gasteiger partial charge in [-0.2, -0.15) is 0 Å². The molecule has 0 spiro atoms. The Kier molecular flexibility index (Phi) is 4.52. The molecule has 4 heteroatoms. The molecule has 0 aliphatic carbocycles. The second-order valence-electron chi connectivity index (χ2n) is 6.06. The summed E-state index contributed by atoms with van der Waals surface area (Å²) in [5.74, 6) is 1.58. The Morgan fingerprint density at radius 1 is 0.722 bits per heavy atom. The van der Waals surface area contributed by atoms with Gasteiger partial charge < -0.3 is 19.3 Å². The largest absolute Gasteiger partial charge is 0.381 e. The SMILES string of the molecule is C1CC(CN2CCN(CC3CCOC3)CC2)CO1. The maximum Gasteiger partial charge on any atom is 0.0507 e. The van der Waals surface area contributed by atoms with Crippen molar-refractivity contribution in [3.05, 3.63) is 0 Å². The lowest BCUT2D eigenvalue weighted by molar-refractivity contribution is 0.0961.